The van der Waals surface area contributed by atoms with E-state index in [2.05, 4.69) is 35.9 Å². The topological polar surface area (TPSA) is 71.0 Å². The normalized spacial score (nSPS) is 26.6. The maximum absolute atomic E-state index is 10.5. The van der Waals surface area contributed by atoms with Crippen LogP contribution in [0.4, 0.5) is 0 Å². The molecule has 1 heterocycles. The number of rotatable bonds is 11. The minimum atomic E-state index is -0.402. The Morgan fingerprint density at radius 1 is 1.07 bits per heavy atom. The molecule has 2 aliphatic rings. The van der Waals surface area contributed by atoms with E-state index in [1.165, 1.54) is 12.8 Å². The Morgan fingerprint density at radius 2 is 1.70 bits per heavy atom. The molecule has 2 N–H and O–H groups in total. The molecular weight excluding hydrogens is 405 g/mol. The van der Waals surface area contributed by atoms with Crippen LogP contribution in [0.2, 0.25) is 0 Å². The first kappa shape index (κ1) is 31.4. The van der Waals surface area contributed by atoms with Crippen LogP contribution in [0.1, 0.15) is 53.9 Å². The van der Waals surface area contributed by atoms with Crippen molar-refractivity contribution in [2.75, 3.05) is 65.6 Å². The molecule has 0 amide bonds. The monoisotopic (exact) mass is 453 g/mol. The smallest absolute Gasteiger partial charge is 0.854 e. The number of nitrogens with zero attached hydrogens (tertiary/aromatic N) is 2. The second-order valence-corrected chi connectivity index (χ2v) is 8.95. The fourth-order valence-electron chi connectivity index (χ4n) is 4.52. The van der Waals surface area contributed by atoms with Gasteiger partial charge in [0.1, 0.15) is 0 Å². The Kier molecular flexibility index (Phi) is 19.7. The second-order valence-electron chi connectivity index (χ2n) is 8.95. The van der Waals surface area contributed by atoms with E-state index >= 15 is 0 Å². The standard InChI is InChI=1S/C21H42N3O3.C2H6.K/c1-17(2)20-5-4-18(3)14-21(20)27-16-19(26)15-24-11-9-23(10-12-24)8-6-22-7-13-25;1-2;/h17-22,26H,4-16H2,1-3H3;1-2H3;/q-1;;+1. The maximum Gasteiger partial charge on any atom is 1.00 e. The number of hydrogen-bond acceptors (Lipinski definition) is 6. The van der Waals surface area contributed by atoms with Crippen LogP contribution in [0.3, 0.4) is 0 Å². The van der Waals surface area contributed by atoms with Crippen molar-refractivity contribution in [1.29, 1.82) is 0 Å². The summed E-state index contributed by atoms with van der Waals surface area (Å²) in [7, 11) is 0. The molecule has 174 valence electrons. The van der Waals surface area contributed by atoms with E-state index in [0.29, 0.717) is 37.6 Å². The predicted octanol–water partition coefficient (Wildman–Crippen LogP) is -1.58. The van der Waals surface area contributed by atoms with Crippen LogP contribution in [0.5, 0.6) is 0 Å². The number of aliphatic hydroxyl groups excluding tert-OH is 1. The fraction of sp³-hybridized carbons (Fsp3) is 1.00. The quantitative estimate of drug-likeness (QED) is 0.291. The Bertz CT molecular complexity index is 396. The summed E-state index contributed by atoms with van der Waals surface area (Å²) >= 11 is 0. The van der Waals surface area contributed by atoms with E-state index in [9.17, 15) is 10.2 Å². The van der Waals surface area contributed by atoms with Gasteiger partial charge in [-0.05, 0) is 37.1 Å². The Hall–Kier alpha value is 1.40. The third kappa shape index (κ3) is 12.6. The van der Waals surface area contributed by atoms with Crippen molar-refractivity contribution >= 4 is 0 Å². The molecule has 1 saturated carbocycles. The summed E-state index contributed by atoms with van der Waals surface area (Å²) in [4.78, 5) is 4.77. The first-order valence-corrected chi connectivity index (χ1v) is 12.0. The number of nitrogens with one attached hydrogen (secondary N) is 1. The van der Waals surface area contributed by atoms with Crippen molar-refractivity contribution in [2.24, 2.45) is 17.8 Å². The third-order valence-electron chi connectivity index (χ3n) is 6.28. The zero-order valence-electron chi connectivity index (χ0n) is 20.7. The van der Waals surface area contributed by atoms with Gasteiger partial charge in [0.05, 0.1) is 18.8 Å². The second kappa shape index (κ2) is 18.8. The zero-order chi connectivity index (χ0) is 21.6. The summed E-state index contributed by atoms with van der Waals surface area (Å²) in [6.07, 6.45) is 3.60. The summed E-state index contributed by atoms with van der Waals surface area (Å²) in [6.45, 7) is 18.5. The third-order valence-corrected chi connectivity index (χ3v) is 6.28. The number of aliphatic hydroxyl groups is 1. The van der Waals surface area contributed by atoms with E-state index in [0.717, 1.165) is 51.6 Å². The van der Waals surface area contributed by atoms with E-state index in [1.54, 1.807) is 0 Å². The predicted molar refractivity (Wildman–Crippen MR) is 119 cm³/mol. The van der Waals surface area contributed by atoms with Crippen LogP contribution in [-0.4, -0.2) is 92.7 Å². The molecule has 0 aromatic rings. The summed E-state index contributed by atoms with van der Waals surface area (Å²) in [5, 5.41) is 24.1. The Labute approximate surface area is 228 Å². The molecule has 0 bridgehead atoms. The molecule has 4 unspecified atom stereocenters. The Morgan fingerprint density at radius 3 is 2.30 bits per heavy atom. The van der Waals surface area contributed by atoms with E-state index in [4.69, 9.17) is 4.74 Å². The van der Waals surface area contributed by atoms with Crippen molar-refractivity contribution in [3.8, 4) is 0 Å². The maximum atomic E-state index is 10.5. The number of ether oxygens (including phenoxy) is 1. The first-order chi connectivity index (χ1) is 14.0. The molecule has 7 heteroatoms. The number of piperazine rings is 1. The summed E-state index contributed by atoms with van der Waals surface area (Å²) < 4.78 is 6.21. The molecule has 1 saturated heterocycles. The van der Waals surface area contributed by atoms with Crippen molar-refractivity contribution in [3.05, 3.63) is 0 Å². The summed E-state index contributed by atoms with van der Waals surface area (Å²) in [6, 6.07) is 0. The largest absolute Gasteiger partial charge is 1.00 e. The molecule has 30 heavy (non-hydrogen) atoms. The SMILES string of the molecule is CC.CC1CCC(C(C)C)C(OCC(O)CN2CCN(CCNCC[O-])CC2)C1.[K+]. The molecular formula is C23H48KN3O3. The van der Waals surface area contributed by atoms with Crippen molar-refractivity contribution in [2.45, 2.75) is 66.1 Å². The molecule has 0 aromatic carbocycles. The molecule has 6 nitrogen and oxygen atoms in total. The molecule has 2 fully saturated rings. The molecule has 0 aromatic heterocycles. The Balaban J connectivity index is 0.00000272. The molecule has 0 radical (unpaired) electrons. The van der Waals surface area contributed by atoms with Crippen molar-refractivity contribution in [1.82, 2.24) is 15.1 Å². The van der Waals surface area contributed by atoms with Crippen LogP contribution in [0.15, 0.2) is 0 Å². The van der Waals surface area contributed by atoms with Gasteiger partial charge in [0.2, 0.25) is 0 Å². The van der Waals surface area contributed by atoms with Gasteiger partial charge in [-0.3, -0.25) is 9.80 Å². The van der Waals surface area contributed by atoms with E-state index < -0.39 is 6.10 Å². The molecule has 1 aliphatic carbocycles. The van der Waals surface area contributed by atoms with Gasteiger partial charge in [0.25, 0.3) is 0 Å². The van der Waals surface area contributed by atoms with Gasteiger partial charge >= 0.3 is 51.4 Å². The van der Waals surface area contributed by atoms with Gasteiger partial charge in [-0.1, -0.05) is 41.0 Å². The minimum Gasteiger partial charge on any atom is -0.854 e. The first-order valence-electron chi connectivity index (χ1n) is 12.0. The van der Waals surface area contributed by atoms with Crippen molar-refractivity contribution < 1.29 is 66.3 Å². The van der Waals surface area contributed by atoms with E-state index in [1.807, 2.05) is 13.8 Å². The minimum absolute atomic E-state index is 0. The van der Waals surface area contributed by atoms with Crippen LogP contribution in [0, 0.1) is 17.8 Å². The van der Waals surface area contributed by atoms with Crippen LogP contribution in [-0.2, 0) is 4.74 Å². The zero-order valence-corrected chi connectivity index (χ0v) is 23.9. The summed E-state index contributed by atoms with van der Waals surface area (Å²) in [5.74, 6) is 2.02. The van der Waals surface area contributed by atoms with E-state index in [-0.39, 0.29) is 58.0 Å². The molecule has 2 rings (SSSR count). The molecule has 1 aliphatic heterocycles. The van der Waals surface area contributed by atoms with Gasteiger partial charge in [-0.15, -0.1) is 6.61 Å². The van der Waals surface area contributed by atoms with Gasteiger partial charge in [-0.25, -0.2) is 0 Å². The van der Waals surface area contributed by atoms with Crippen LogP contribution in [0.25, 0.3) is 0 Å². The number of hydrogen-bond donors (Lipinski definition) is 2. The van der Waals surface area contributed by atoms with Gasteiger partial charge in [0, 0.05) is 45.8 Å². The fourth-order valence-corrected chi connectivity index (χ4v) is 4.52. The molecule has 0 spiro atoms. The van der Waals surface area contributed by atoms with Gasteiger partial charge in [0.15, 0.2) is 0 Å². The van der Waals surface area contributed by atoms with Gasteiger partial charge < -0.3 is 20.3 Å². The van der Waals surface area contributed by atoms with Gasteiger partial charge in [-0.2, -0.15) is 0 Å². The average molecular weight is 454 g/mol. The van der Waals surface area contributed by atoms with Crippen LogP contribution < -0.4 is 61.8 Å². The average Bonchev–Trinajstić information content (AvgIpc) is 2.72. The summed E-state index contributed by atoms with van der Waals surface area (Å²) in [5.41, 5.74) is 0. The van der Waals surface area contributed by atoms with Crippen LogP contribution >= 0.6 is 0 Å². The molecule has 4 atom stereocenters. The number of β-amino-alcohol motifs (C(OH)–C–C–N with tert-alkyl or cyclic N) is 1. The van der Waals surface area contributed by atoms with Crippen molar-refractivity contribution in [3.63, 3.8) is 0 Å².